The molecule has 7 nitrogen and oxygen atoms in total. The lowest BCUT2D eigenvalue weighted by Crippen LogP contribution is -2.38. The lowest BCUT2D eigenvalue weighted by atomic mass is 9.99. The van der Waals surface area contributed by atoms with Gasteiger partial charge in [-0.2, -0.15) is 13.2 Å². The summed E-state index contributed by atoms with van der Waals surface area (Å²) in [6.45, 7) is 5.66. The number of benzene rings is 1. The number of nitrogen functional groups attached to an aromatic ring is 1. The first kappa shape index (κ1) is 25.0. The molecule has 4 rings (SSSR count). The second kappa shape index (κ2) is 9.88. The van der Waals surface area contributed by atoms with Crippen molar-refractivity contribution in [2.75, 3.05) is 5.73 Å². The van der Waals surface area contributed by atoms with E-state index in [1.807, 2.05) is 26.8 Å². The van der Waals surface area contributed by atoms with Crippen molar-refractivity contribution in [2.45, 2.75) is 39.5 Å². The van der Waals surface area contributed by atoms with Gasteiger partial charge in [0.15, 0.2) is 5.82 Å². The van der Waals surface area contributed by atoms with Crippen molar-refractivity contribution in [3.63, 3.8) is 0 Å². The topological polar surface area (TPSA) is 97.9 Å². The third-order valence-electron chi connectivity index (χ3n) is 5.85. The highest BCUT2D eigenvalue weighted by atomic mass is 19.4. The molecule has 0 radical (unpaired) electrons. The highest BCUT2D eigenvalue weighted by Gasteiger charge is 2.33. The molecule has 10 heteroatoms. The molecule has 1 unspecified atom stereocenters. The molecule has 1 atom stereocenters. The van der Waals surface area contributed by atoms with E-state index in [1.165, 1.54) is 6.07 Å². The average molecular weight is 495 g/mol. The van der Waals surface area contributed by atoms with Crippen LogP contribution in [0.3, 0.4) is 0 Å². The van der Waals surface area contributed by atoms with E-state index in [4.69, 9.17) is 5.73 Å². The van der Waals surface area contributed by atoms with Crippen molar-refractivity contribution in [3.05, 3.63) is 89.3 Å². The van der Waals surface area contributed by atoms with Gasteiger partial charge < -0.3 is 10.6 Å². The Kier molecular flexibility index (Phi) is 6.87. The summed E-state index contributed by atoms with van der Waals surface area (Å²) in [5, 5.41) is 0.747. The summed E-state index contributed by atoms with van der Waals surface area (Å²) in [7, 11) is 0. The van der Waals surface area contributed by atoms with Gasteiger partial charge in [0.1, 0.15) is 5.82 Å². The van der Waals surface area contributed by atoms with Crippen LogP contribution in [0.15, 0.2) is 61.1 Å². The Morgan fingerprint density at radius 2 is 1.78 bits per heavy atom. The molecule has 0 spiro atoms. The van der Waals surface area contributed by atoms with Gasteiger partial charge >= 0.3 is 6.18 Å². The summed E-state index contributed by atoms with van der Waals surface area (Å²) in [6, 6.07) is 10.3. The molecule has 186 valence electrons. The number of anilines is 1. The van der Waals surface area contributed by atoms with Gasteiger partial charge in [0.2, 0.25) is 0 Å². The monoisotopic (exact) mass is 494 g/mol. The summed E-state index contributed by atoms with van der Waals surface area (Å²) >= 11 is 0. The standard InChI is InChI=1S/C26H25F3N6O/c1-15(2)22(24-31-9-4-10-32-24)35(14-20-7-6-19(13-33-20)26(27,28)29)25(36)17-5-8-21-18(12-17)11-16(3)23(30)34-21/h4-13,15,22H,14H2,1-3H3,(H2,30,34). The Morgan fingerprint density at radius 1 is 1.06 bits per heavy atom. The minimum atomic E-state index is -4.50. The molecule has 3 heterocycles. The minimum absolute atomic E-state index is 0.0326. The molecule has 1 amide bonds. The zero-order chi connectivity index (χ0) is 26.0. The first-order chi connectivity index (χ1) is 17.0. The number of aryl methyl sites for hydroxylation is 1. The number of carbonyl (C=O) groups is 1. The van der Waals surface area contributed by atoms with Crippen molar-refractivity contribution in [2.24, 2.45) is 5.92 Å². The number of nitrogens with two attached hydrogens (primary N) is 1. The summed E-state index contributed by atoms with van der Waals surface area (Å²) < 4.78 is 39.1. The molecule has 36 heavy (non-hydrogen) atoms. The van der Waals surface area contributed by atoms with Gasteiger partial charge in [0, 0.05) is 29.5 Å². The quantitative estimate of drug-likeness (QED) is 0.387. The fourth-order valence-electron chi connectivity index (χ4n) is 4.01. The van der Waals surface area contributed by atoms with Crippen LogP contribution in [0.1, 0.15) is 52.9 Å². The summed E-state index contributed by atoms with van der Waals surface area (Å²) in [4.78, 5) is 32.5. The number of carbonyl (C=O) groups excluding carboxylic acids is 1. The van der Waals surface area contributed by atoms with E-state index in [2.05, 4.69) is 19.9 Å². The first-order valence-electron chi connectivity index (χ1n) is 11.3. The highest BCUT2D eigenvalue weighted by molar-refractivity contribution is 5.98. The van der Waals surface area contributed by atoms with Crippen molar-refractivity contribution in [1.29, 1.82) is 0 Å². The molecular formula is C26H25F3N6O. The molecular weight excluding hydrogens is 469 g/mol. The van der Waals surface area contributed by atoms with Crippen molar-refractivity contribution in [1.82, 2.24) is 24.8 Å². The number of pyridine rings is 2. The molecule has 3 aromatic heterocycles. The summed E-state index contributed by atoms with van der Waals surface area (Å²) in [5.74, 6) is 0.408. The maximum atomic E-state index is 13.9. The van der Waals surface area contributed by atoms with Crippen LogP contribution < -0.4 is 5.73 Å². The second-order valence-corrected chi connectivity index (χ2v) is 8.86. The third-order valence-corrected chi connectivity index (χ3v) is 5.85. The van der Waals surface area contributed by atoms with Gasteiger partial charge in [-0.15, -0.1) is 0 Å². The lowest BCUT2D eigenvalue weighted by Gasteiger charge is -2.33. The number of rotatable bonds is 6. The zero-order valence-electron chi connectivity index (χ0n) is 20.0. The number of alkyl halides is 3. The van der Waals surface area contributed by atoms with Crippen LogP contribution in [0.4, 0.5) is 19.0 Å². The van der Waals surface area contributed by atoms with Crippen LogP contribution in [-0.4, -0.2) is 30.7 Å². The van der Waals surface area contributed by atoms with Crippen molar-refractivity contribution >= 4 is 22.6 Å². The third kappa shape index (κ3) is 5.27. The van der Waals surface area contributed by atoms with Gasteiger partial charge in [-0.25, -0.2) is 15.0 Å². The maximum absolute atomic E-state index is 13.9. The zero-order valence-corrected chi connectivity index (χ0v) is 20.0. The molecule has 0 aliphatic heterocycles. The van der Waals surface area contributed by atoms with Crippen LogP contribution in [0.2, 0.25) is 0 Å². The van der Waals surface area contributed by atoms with E-state index in [1.54, 1.807) is 41.6 Å². The van der Waals surface area contributed by atoms with Gasteiger partial charge in [-0.05, 0) is 60.9 Å². The Morgan fingerprint density at radius 3 is 2.39 bits per heavy atom. The SMILES string of the molecule is Cc1cc2cc(C(=O)N(Cc3ccc(C(F)(F)F)cn3)C(c3ncccn3)C(C)C)ccc2nc1N. The molecule has 0 bridgehead atoms. The number of aromatic nitrogens is 4. The van der Waals surface area contributed by atoms with Crippen LogP contribution in [0.5, 0.6) is 0 Å². The molecule has 0 fully saturated rings. The number of nitrogens with zero attached hydrogens (tertiary/aromatic N) is 5. The smallest absolute Gasteiger partial charge is 0.383 e. The Balaban J connectivity index is 1.77. The molecule has 1 aromatic carbocycles. The predicted molar refractivity (Wildman–Crippen MR) is 130 cm³/mol. The molecule has 0 saturated heterocycles. The van der Waals surface area contributed by atoms with E-state index in [0.29, 0.717) is 28.4 Å². The Hall–Kier alpha value is -4.08. The van der Waals surface area contributed by atoms with Gasteiger partial charge in [-0.1, -0.05) is 13.8 Å². The number of amides is 1. The fraction of sp³-hybridized carbons (Fsp3) is 0.269. The summed E-state index contributed by atoms with van der Waals surface area (Å²) in [5.41, 5.74) is 7.20. The van der Waals surface area contributed by atoms with E-state index in [-0.39, 0.29) is 18.4 Å². The predicted octanol–water partition coefficient (Wildman–Crippen LogP) is 5.37. The van der Waals surface area contributed by atoms with Gasteiger partial charge in [0.05, 0.1) is 29.4 Å². The number of fused-ring (bicyclic) bond motifs is 1. The summed E-state index contributed by atoms with van der Waals surface area (Å²) in [6.07, 6.45) is -0.548. The van der Waals surface area contributed by atoms with Crippen molar-refractivity contribution in [3.8, 4) is 0 Å². The normalized spacial score (nSPS) is 12.6. The van der Waals surface area contributed by atoms with E-state index < -0.39 is 17.8 Å². The van der Waals surface area contributed by atoms with Crippen LogP contribution in [0.25, 0.3) is 10.9 Å². The van der Waals surface area contributed by atoms with Crippen LogP contribution in [-0.2, 0) is 12.7 Å². The second-order valence-electron chi connectivity index (χ2n) is 8.86. The number of halogens is 3. The van der Waals surface area contributed by atoms with Crippen LogP contribution >= 0.6 is 0 Å². The fourth-order valence-corrected chi connectivity index (χ4v) is 4.01. The van der Waals surface area contributed by atoms with E-state index in [0.717, 1.165) is 23.2 Å². The largest absolute Gasteiger partial charge is 0.417 e. The van der Waals surface area contributed by atoms with Crippen molar-refractivity contribution < 1.29 is 18.0 Å². The molecule has 2 N–H and O–H groups in total. The van der Waals surface area contributed by atoms with Crippen LogP contribution in [0, 0.1) is 12.8 Å². The van der Waals surface area contributed by atoms with Gasteiger partial charge in [-0.3, -0.25) is 9.78 Å². The minimum Gasteiger partial charge on any atom is -0.383 e. The Bertz CT molecular complexity index is 1370. The van der Waals surface area contributed by atoms with E-state index >= 15 is 0 Å². The lowest BCUT2D eigenvalue weighted by molar-refractivity contribution is -0.137. The first-order valence-corrected chi connectivity index (χ1v) is 11.3. The van der Waals surface area contributed by atoms with E-state index in [9.17, 15) is 18.0 Å². The molecule has 0 aliphatic carbocycles. The number of hydrogen-bond acceptors (Lipinski definition) is 6. The molecule has 0 saturated carbocycles. The molecule has 0 aliphatic rings. The average Bonchev–Trinajstić information content (AvgIpc) is 2.84. The highest BCUT2D eigenvalue weighted by Crippen LogP contribution is 2.32. The Labute approximate surface area is 206 Å². The number of hydrogen-bond donors (Lipinski definition) is 1. The molecule has 4 aromatic rings. The maximum Gasteiger partial charge on any atom is 0.417 e. The van der Waals surface area contributed by atoms with Gasteiger partial charge in [0.25, 0.3) is 5.91 Å².